The highest BCUT2D eigenvalue weighted by Gasteiger charge is 2.25. The fourth-order valence-electron chi connectivity index (χ4n) is 11.7. The van der Waals surface area contributed by atoms with Gasteiger partial charge in [-0.2, -0.15) is 0 Å². The molecule has 4 atom stereocenters. The Kier molecular flexibility index (Phi) is 77.3. The van der Waals surface area contributed by atoms with Gasteiger partial charge in [-0.05, 0) is 90.5 Å². The average molecular weight is 1650 g/mol. The first-order valence-corrected chi connectivity index (χ1v) is 42.3. The second kappa shape index (κ2) is 80.8. The molecule has 0 aromatic carbocycles. The zero-order chi connectivity index (χ0) is 85.4. The molecule has 11 N–H and O–H groups in total. The van der Waals surface area contributed by atoms with Crippen molar-refractivity contribution in [1.29, 1.82) is 0 Å². The van der Waals surface area contributed by atoms with Gasteiger partial charge in [-0.3, -0.25) is 62.3 Å². The van der Waals surface area contributed by atoms with Gasteiger partial charge < -0.3 is 95.3 Å². The van der Waals surface area contributed by atoms with Crippen molar-refractivity contribution >= 4 is 82.5 Å². The van der Waals surface area contributed by atoms with Gasteiger partial charge >= 0.3 is 29.8 Å². The SMILES string of the molecule is CCCNC(=O)COCCOCCCC(=O)COCCOCCNC(=O)CC[C@H](CC(=O)CCCCCCCCCCCCC(=O)O)C(=O)O.CCC[C@H](NC)C(=O)CC[C@@H](CCCCNC(=O)COCCOCCNC(=O)COCCOCCCC(=O)CC[C@H](NC(=O)CCCCCCCCCCCCC(=O)O)C(=O)O)C(=O)O. The molecule has 0 spiro atoms. The Bertz CT molecular complexity index is 2600. The largest absolute Gasteiger partial charge is 0.481 e. The highest BCUT2D eigenvalue weighted by Crippen LogP contribution is 2.20. The van der Waals surface area contributed by atoms with Crippen LogP contribution in [0.25, 0.3) is 0 Å². The molecule has 0 unspecified atom stereocenters. The molecule has 0 radical (unpaired) electrons. The Balaban J connectivity index is 0. The van der Waals surface area contributed by atoms with Gasteiger partial charge in [0, 0.05) is 104 Å². The van der Waals surface area contributed by atoms with Gasteiger partial charge in [-0.15, -0.1) is 0 Å². The first kappa shape index (κ1) is 110. The van der Waals surface area contributed by atoms with Crippen molar-refractivity contribution < 1.29 is 131 Å². The molecule has 0 aliphatic carbocycles. The summed E-state index contributed by atoms with van der Waals surface area (Å²) in [6.45, 7) is 8.26. The van der Waals surface area contributed by atoms with Gasteiger partial charge in [0.25, 0.3) is 0 Å². The molecule has 0 heterocycles. The first-order chi connectivity index (χ1) is 55.4. The smallest absolute Gasteiger partial charge is 0.326 e. The van der Waals surface area contributed by atoms with Crippen molar-refractivity contribution in [3.05, 3.63) is 0 Å². The number of amides is 5. The van der Waals surface area contributed by atoms with Crippen LogP contribution in [0.2, 0.25) is 0 Å². The summed E-state index contributed by atoms with van der Waals surface area (Å²) in [5.41, 5.74) is 0. The second-order valence-electron chi connectivity index (χ2n) is 28.7. The minimum atomic E-state index is -1.17. The zero-order valence-electron chi connectivity index (χ0n) is 69.7. The van der Waals surface area contributed by atoms with E-state index < -0.39 is 47.7 Å². The quantitative estimate of drug-likeness (QED) is 0.0254. The Labute approximate surface area is 682 Å². The molecule has 0 rings (SSSR count). The van der Waals surface area contributed by atoms with Gasteiger partial charge in [0.05, 0.1) is 83.9 Å². The third-order valence-corrected chi connectivity index (χ3v) is 18.4. The van der Waals surface area contributed by atoms with E-state index in [1.165, 1.54) is 0 Å². The number of Topliss-reactive ketones (excluding diaryl/α,β-unsaturated/α-hetero) is 4. The number of hydrogen-bond donors (Lipinski definition) is 11. The molecule has 0 aliphatic heterocycles. The number of hydrogen-bond acceptors (Lipinski definition) is 23. The molecule has 33 nitrogen and oxygen atoms in total. The molecule has 0 aromatic heterocycles. The predicted octanol–water partition coefficient (Wildman–Crippen LogP) is 8.61. The van der Waals surface area contributed by atoms with Crippen LogP contribution in [0.5, 0.6) is 0 Å². The van der Waals surface area contributed by atoms with Crippen LogP contribution in [-0.2, 0) is 105 Å². The summed E-state index contributed by atoms with van der Waals surface area (Å²) in [5.74, 6) is -7.78. The average Bonchev–Trinajstić information content (AvgIpc) is 0.937. The number of carbonyl (C=O) groups is 14. The van der Waals surface area contributed by atoms with Crippen molar-refractivity contribution in [2.24, 2.45) is 11.8 Å². The summed E-state index contributed by atoms with van der Waals surface area (Å²) in [6, 6.07) is -1.36. The number of aliphatic carboxylic acids is 5. The van der Waals surface area contributed by atoms with Gasteiger partial charge in [0.15, 0.2) is 5.78 Å². The fourth-order valence-corrected chi connectivity index (χ4v) is 11.7. The van der Waals surface area contributed by atoms with E-state index in [0.717, 1.165) is 141 Å². The van der Waals surface area contributed by atoms with Gasteiger partial charge in [0.2, 0.25) is 29.5 Å². The number of rotatable bonds is 86. The van der Waals surface area contributed by atoms with Crippen molar-refractivity contribution in [2.45, 2.75) is 289 Å². The number of likely N-dealkylation sites (N-methyl/N-ethyl adjacent to an activating group) is 1. The number of ketones is 4. The van der Waals surface area contributed by atoms with Crippen LogP contribution >= 0.6 is 0 Å². The molecular weight excluding hydrogens is 1500 g/mol. The fraction of sp³-hybridized carbons (Fsp3) is 0.829. The maximum Gasteiger partial charge on any atom is 0.326 e. The van der Waals surface area contributed by atoms with Gasteiger partial charge in [-0.25, -0.2) is 4.79 Å². The van der Waals surface area contributed by atoms with E-state index in [1.807, 2.05) is 13.8 Å². The van der Waals surface area contributed by atoms with Crippen LogP contribution in [-0.4, -0.2) is 259 Å². The van der Waals surface area contributed by atoms with Gasteiger partial charge in [0.1, 0.15) is 49.8 Å². The van der Waals surface area contributed by atoms with Crippen molar-refractivity contribution in [1.82, 2.24) is 31.9 Å². The van der Waals surface area contributed by atoms with E-state index in [1.54, 1.807) is 7.05 Å². The Morgan fingerprint density at radius 3 is 1.10 bits per heavy atom. The maximum absolute atomic E-state index is 12.3. The summed E-state index contributed by atoms with van der Waals surface area (Å²) in [5, 5.41) is 62.1. The van der Waals surface area contributed by atoms with Crippen molar-refractivity contribution in [2.75, 3.05) is 139 Å². The third kappa shape index (κ3) is 78.0. The Morgan fingerprint density at radius 2 is 0.661 bits per heavy atom. The van der Waals surface area contributed by atoms with Crippen molar-refractivity contribution in [3.8, 4) is 0 Å². The Morgan fingerprint density at radius 1 is 0.270 bits per heavy atom. The minimum Gasteiger partial charge on any atom is -0.481 e. The molecule has 0 fully saturated rings. The lowest BCUT2D eigenvalue weighted by Crippen LogP contribution is -2.41. The van der Waals surface area contributed by atoms with E-state index in [9.17, 15) is 82.4 Å². The minimum absolute atomic E-state index is 0.00305. The standard InChI is InChI=1S/C46H82N4O15.C36H64N2O12/c1-3-17-38(47-2)40(52)25-22-36(45(58)59)18-14-15-26-48-42(54)34-65-33-31-63-29-27-49-43(55)35-64-32-30-62-28-16-19-37(51)23-24-39(46(60)61)50-41(53)20-12-10-8-6-4-5-7-9-11-13-21-44(56)57;1-2-19-37-34(42)29-50-26-23-47-21-13-15-32(40)28-49-25-24-48-22-20-38-33(41)18-17-30(36(45)46)27-31(39)14-11-9-7-5-3-4-6-8-10-12-16-35(43)44/h36,38-39,47H,3-35H2,1-2H3,(H,48,54)(H,49,55)(H,50,53)(H,56,57)(H,58,59)(H,60,61);30H,2-29H2,1H3,(H,37,42)(H,38,41)(H,43,44)(H,45,46)/t36-,38+,39+;30-/m11/s1. The number of carboxylic acids is 5. The van der Waals surface area contributed by atoms with E-state index in [2.05, 4.69) is 31.9 Å². The van der Waals surface area contributed by atoms with Crippen molar-refractivity contribution in [3.63, 3.8) is 0 Å². The lowest BCUT2D eigenvalue weighted by atomic mass is 9.93. The molecule has 0 aromatic rings. The predicted molar refractivity (Wildman–Crippen MR) is 429 cm³/mol. The number of ether oxygens (including phenoxy) is 8. The lowest BCUT2D eigenvalue weighted by Gasteiger charge is -2.16. The molecule has 666 valence electrons. The lowest BCUT2D eigenvalue weighted by molar-refractivity contribution is -0.144. The van der Waals surface area contributed by atoms with Crippen LogP contribution in [0.1, 0.15) is 277 Å². The molecule has 0 saturated heterocycles. The Hall–Kier alpha value is -6.98. The summed E-state index contributed by atoms with van der Waals surface area (Å²) >= 11 is 0. The number of nitrogens with one attached hydrogen (secondary N) is 6. The molecule has 0 saturated carbocycles. The maximum atomic E-state index is 12.3. The second-order valence-corrected chi connectivity index (χ2v) is 28.7. The first-order valence-electron chi connectivity index (χ1n) is 42.3. The van der Waals surface area contributed by atoms with Crippen LogP contribution in [0.4, 0.5) is 0 Å². The van der Waals surface area contributed by atoms with E-state index in [4.69, 9.17) is 48.1 Å². The molecule has 0 aliphatic rings. The molecule has 5 amide bonds. The highest BCUT2D eigenvalue weighted by atomic mass is 16.5. The van der Waals surface area contributed by atoms with Gasteiger partial charge in [-0.1, -0.05) is 129 Å². The summed E-state index contributed by atoms with van der Waals surface area (Å²) < 4.78 is 42.8. The molecular formula is C82H146N6O27. The number of unbranched alkanes of at least 4 members (excludes halogenated alkanes) is 19. The van der Waals surface area contributed by atoms with E-state index in [0.29, 0.717) is 97.3 Å². The topological polar surface area (TPSA) is 486 Å². The molecule has 0 bridgehead atoms. The van der Waals surface area contributed by atoms with Crippen LogP contribution in [0.15, 0.2) is 0 Å². The van der Waals surface area contributed by atoms with E-state index in [-0.39, 0.29) is 215 Å². The third-order valence-electron chi connectivity index (χ3n) is 18.4. The van der Waals surface area contributed by atoms with Crippen LogP contribution in [0, 0.1) is 11.8 Å². The summed E-state index contributed by atoms with van der Waals surface area (Å²) in [7, 11) is 1.73. The van der Waals surface area contributed by atoms with Crippen LogP contribution in [0.3, 0.4) is 0 Å². The normalized spacial score (nSPS) is 12.1. The van der Waals surface area contributed by atoms with Crippen LogP contribution < -0.4 is 31.9 Å². The number of carbonyl (C=O) groups excluding carboxylic acids is 9. The molecule has 33 heteroatoms. The molecule has 115 heavy (non-hydrogen) atoms. The monoisotopic (exact) mass is 1650 g/mol. The zero-order valence-corrected chi connectivity index (χ0v) is 69.7. The highest BCUT2D eigenvalue weighted by molar-refractivity contribution is 5.86. The summed E-state index contributed by atoms with van der Waals surface area (Å²) in [4.78, 5) is 165. The summed E-state index contributed by atoms with van der Waals surface area (Å²) in [6.07, 6.45) is 26.8. The number of carboxylic acid groups (broad SMARTS) is 5. The van der Waals surface area contributed by atoms with E-state index >= 15 is 0 Å².